The summed E-state index contributed by atoms with van der Waals surface area (Å²) < 4.78 is 0. The fourth-order valence-corrected chi connectivity index (χ4v) is 4.78. The number of carbonyl (C=O) groups excluding carboxylic acids is 1. The number of fused-ring (bicyclic) bond motifs is 1. The lowest BCUT2D eigenvalue weighted by Crippen LogP contribution is -2.36. The predicted octanol–water partition coefficient (Wildman–Crippen LogP) is 3.59. The lowest BCUT2D eigenvalue weighted by atomic mass is 9.99. The van der Waals surface area contributed by atoms with E-state index in [1.54, 1.807) is 29.1 Å². The molecule has 9 nitrogen and oxygen atoms in total. The van der Waals surface area contributed by atoms with Crippen molar-refractivity contribution in [3.63, 3.8) is 0 Å². The number of nitrogens with zero attached hydrogens (tertiary/aromatic N) is 5. The third kappa shape index (κ3) is 5.63. The molecular weight excluding hydrogens is 432 g/mol. The molecule has 2 aliphatic rings. The Morgan fingerprint density at radius 1 is 1.24 bits per heavy atom. The Labute approximate surface area is 200 Å². The van der Waals surface area contributed by atoms with Crippen LogP contribution < -0.4 is 5.32 Å². The van der Waals surface area contributed by atoms with Crippen molar-refractivity contribution in [3.05, 3.63) is 47.2 Å². The second-order valence-corrected chi connectivity index (χ2v) is 9.92. The van der Waals surface area contributed by atoms with E-state index in [-0.39, 0.29) is 18.0 Å². The second kappa shape index (κ2) is 9.95. The van der Waals surface area contributed by atoms with Crippen molar-refractivity contribution < 1.29 is 14.7 Å². The fraction of sp³-hybridized carbons (Fsp3) is 0.560. The first-order valence-electron chi connectivity index (χ1n) is 12.0. The molecule has 0 radical (unpaired) electrons. The molecule has 0 saturated carbocycles. The molecule has 9 heteroatoms. The first-order chi connectivity index (χ1) is 16.2. The summed E-state index contributed by atoms with van der Waals surface area (Å²) >= 11 is 0. The Bertz CT molecular complexity index is 1040. The molecule has 1 saturated heterocycles. The maximum atomic E-state index is 13.1. The van der Waals surface area contributed by atoms with Gasteiger partial charge in [-0.1, -0.05) is 6.07 Å². The number of anilines is 1. The lowest BCUT2D eigenvalue weighted by Gasteiger charge is -2.27. The van der Waals surface area contributed by atoms with E-state index in [0.29, 0.717) is 31.0 Å². The molecule has 2 aromatic rings. The quantitative estimate of drug-likeness (QED) is 0.611. The van der Waals surface area contributed by atoms with Crippen LogP contribution in [0.5, 0.6) is 0 Å². The second-order valence-electron chi connectivity index (χ2n) is 9.92. The SMILES string of the molecule is Cc1ncc(C(CC(=O)O)N2CCN(CCCc3ccc4c(n3)NC(C)(C)CCC4)C2=O)cn1. The number of aliphatic carboxylic acids is 1. The summed E-state index contributed by atoms with van der Waals surface area (Å²) in [7, 11) is 0. The number of hydrogen-bond donors (Lipinski definition) is 2. The summed E-state index contributed by atoms with van der Waals surface area (Å²) in [5.41, 5.74) is 2.97. The van der Waals surface area contributed by atoms with Crippen molar-refractivity contribution in [2.75, 3.05) is 25.0 Å². The number of nitrogens with one attached hydrogen (secondary N) is 1. The number of aryl methyl sites for hydroxylation is 3. The molecule has 2 aromatic heterocycles. The van der Waals surface area contributed by atoms with Gasteiger partial charge in [0.25, 0.3) is 0 Å². The van der Waals surface area contributed by atoms with Crippen LogP contribution in [0.2, 0.25) is 0 Å². The molecule has 1 unspecified atom stereocenters. The number of hydrogen-bond acceptors (Lipinski definition) is 6. The standard InChI is InChI=1S/C25H34N6O3/c1-17-26-15-19(16-27-17)21(14-22(32)33)31-13-12-30(24(31)34)11-5-7-20-9-8-18-6-4-10-25(2,3)29-23(18)28-20/h8-9,15-16,21H,4-7,10-14H2,1-3H3,(H,28,29)(H,32,33). The molecule has 182 valence electrons. The Hall–Kier alpha value is -3.23. The van der Waals surface area contributed by atoms with Crippen LogP contribution in [-0.4, -0.2) is 67.0 Å². The van der Waals surface area contributed by atoms with E-state index >= 15 is 0 Å². The van der Waals surface area contributed by atoms with E-state index in [4.69, 9.17) is 4.98 Å². The molecule has 0 spiro atoms. The number of carboxylic acids is 1. The van der Waals surface area contributed by atoms with Gasteiger partial charge >= 0.3 is 12.0 Å². The molecule has 0 aliphatic carbocycles. The summed E-state index contributed by atoms with van der Waals surface area (Å²) in [5.74, 6) is 0.639. The summed E-state index contributed by atoms with van der Waals surface area (Å²) in [6, 6.07) is 3.56. The number of urea groups is 1. The summed E-state index contributed by atoms with van der Waals surface area (Å²) in [5, 5.41) is 13.0. The number of amides is 2. The Balaban J connectivity index is 1.37. The summed E-state index contributed by atoms with van der Waals surface area (Å²) in [6.45, 7) is 7.87. The largest absolute Gasteiger partial charge is 0.481 e. The average molecular weight is 467 g/mol. The van der Waals surface area contributed by atoms with Crippen molar-refractivity contribution in [3.8, 4) is 0 Å². The van der Waals surface area contributed by atoms with E-state index < -0.39 is 12.0 Å². The van der Waals surface area contributed by atoms with Gasteiger partial charge in [0.15, 0.2) is 0 Å². The highest BCUT2D eigenvalue weighted by molar-refractivity contribution is 5.78. The molecule has 1 fully saturated rings. The minimum absolute atomic E-state index is 0.0390. The van der Waals surface area contributed by atoms with Crippen molar-refractivity contribution >= 4 is 17.8 Å². The van der Waals surface area contributed by atoms with Gasteiger partial charge in [0.05, 0.1) is 12.5 Å². The maximum Gasteiger partial charge on any atom is 0.320 e. The first kappa shape index (κ1) is 23.9. The van der Waals surface area contributed by atoms with Crippen molar-refractivity contribution in [2.24, 2.45) is 0 Å². The van der Waals surface area contributed by atoms with Crippen LogP contribution in [0, 0.1) is 6.92 Å². The minimum Gasteiger partial charge on any atom is -0.481 e. The van der Waals surface area contributed by atoms with E-state index in [0.717, 1.165) is 43.6 Å². The molecule has 34 heavy (non-hydrogen) atoms. The normalized spacial score (nSPS) is 18.3. The third-order valence-corrected chi connectivity index (χ3v) is 6.66. The maximum absolute atomic E-state index is 13.1. The van der Waals surface area contributed by atoms with Gasteiger partial charge < -0.3 is 20.2 Å². The van der Waals surface area contributed by atoms with Gasteiger partial charge in [0.2, 0.25) is 0 Å². The average Bonchev–Trinajstić information content (AvgIpc) is 3.05. The van der Waals surface area contributed by atoms with Gasteiger partial charge in [0.1, 0.15) is 11.6 Å². The Kier molecular flexibility index (Phi) is 7.00. The smallest absolute Gasteiger partial charge is 0.320 e. The number of rotatable bonds is 8. The van der Waals surface area contributed by atoms with Crippen LogP contribution in [0.1, 0.15) is 68.2 Å². The molecule has 0 aromatic carbocycles. The van der Waals surface area contributed by atoms with Gasteiger partial charge in [-0.3, -0.25) is 4.79 Å². The van der Waals surface area contributed by atoms with Crippen molar-refractivity contribution in [1.82, 2.24) is 24.8 Å². The van der Waals surface area contributed by atoms with Crippen molar-refractivity contribution in [2.45, 2.75) is 70.9 Å². The minimum atomic E-state index is -0.956. The van der Waals surface area contributed by atoms with E-state index in [2.05, 4.69) is 41.3 Å². The van der Waals surface area contributed by atoms with Crippen molar-refractivity contribution in [1.29, 1.82) is 0 Å². The van der Waals surface area contributed by atoms with Crippen LogP contribution in [0.4, 0.5) is 10.6 Å². The van der Waals surface area contributed by atoms with Gasteiger partial charge in [0, 0.05) is 48.8 Å². The molecule has 2 aliphatic heterocycles. The molecular formula is C25H34N6O3. The first-order valence-corrected chi connectivity index (χ1v) is 12.0. The highest BCUT2D eigenvalue weighted by Crippen LogP contribution is 2.29. The highest BCUT2D eigenvalue weighted by atomic mass is 16.4. The van der Waals surface area contributed by atoms with Gasteiger partial charge in [-0.15, -0.1) is 0 Å². The van der Waals surface area contributed by atoms with E-state index in [9.17, 15) is 14.7 Å². The summed E-state index contributed by atoms with van der Waals surface area (Å²) in [6.07, 6.45) is 7.95. The topological polar surface area (TPSA) is 112 Å². The zero-order valence-electron chi connectivity index (χ0n) is 20.3. The molecule has 2 N–H and O–H groups in total. The van der Waals surface area contributed by atoms with Crippen LogP contribution in [0.25, 0.3) is 0 Å². The fourth-order valence-electron chi connectivity index (χ4n) is 4.78. The predicted molar refractivity (Wildman–Crippen MR) is 129 cm³/mol. The zero-order chi connectivity index (χ0) is 24.3. The summed E-state index contributed by atoms with van der Waals surface area (Å²) in [4.78, 5) is 41.3. The van der Waals surface area contributed by atoms with E-state index in [1.165, 1.54) is 5.56 Å². The van der Waals surface area contributed by atoms with Gasteiger partial charge in [-0.25, -0.2) is 19.7 Å². The molecule has 1 atom stereocenters. The van der Waals surface area contributed by atoms with Crippen LogP contribution in [0.3, 0.4) is 0 Å². The van der Waals surface area contributed by atoms with Gasteiger partial charge in [-0.05, 0) is 64.5 Å². The number of carbonyl (C=O) groups is 2. The van der Waals surface area contributed by atoms with Gasteiger partial charge in [-0.2, -0.15) is 0 Å². The van der Waals surface area contributed by atoms with Crippen LogP contribution >= 0.6 is 0 Å². The highest BCUT2D eigenvalue weighted by Gasteiger charge is 2.35. The lowest BCUT2D eigenvalue weighted by molar-refractivity contribution is -0.138. The molecule has 0 bridgehead atoms. The van der Waals surface area contributed by atoms with Crippen LogP contribution in [0.15, 0.2) is 24.5 Å². The Morgan fingerprint density at radius 2 is 2.00 bits per heavy atom. The molecule has 4 heterocycles. The van der Waals surface area contributed by atoms with E-state index in [1.807, 2.05) is 0 Å². The molecule has 4 rings (SSSR count). The number of pyridine rings is 1. The Morgan fingerprint density at radius 3 is 2.74 bits per heavy atom. The third-order valence-electron chi connectivity index (χ3n) is 6.66. The molecule has 2 amide bonds. The van der Waals surface area contributed by atoms with Crippen LogP contribution in [-0.2, 0) is 17.6 Å². The number of carboxylic acid groups (broad SMARTS) is 1. The monoisotopic (exact) mass is 466 g/mol. The zero-order valence-corrected chi connectivity index (χ0v) is 20.3. The number of aromatic nitrogens is 3.